The van der Waals surface area contributed by atoms with E-state index in [4.69, 9.17) is 0 Å². The number of pyridine rings is 1. The number of rotatable bonds is 3. The first-order chi connectivity index (χ1) is 11.1. The van der Waals surface area contributed by atoms with E-state index in [0.29, 0.717) is 23.7 Å². The SMILES string of the molecule is Cc1ccc(NC(=O)C2CCCCN2C(=O)c2cccs2)nc1. The van der Waals surface area contributed by atoms with E-state index in [-0.39, 0.29) is 11.8 Å². The predicted molar refractivity (Wildman–Crippen MR) is 90.6 cm³/mol. The van der Waals surface area contributed by atoms with Gasteiger partial charge in [-0.3, -0.25) is 9.59 Å². The van der Waals surface area contributed by atoms with Gasteiger partial charge in [-0.1, -0.05) is 12.1 Å². The van der Waals surface area contributed by atoms with Gasteiger partial charge in [-0.2, -0.15) is 0 Å². The number of nitrogens with zero attached hydrogens (tertiary/aromatic N) is 2. The van der Waals surface area contributed by atoms with Crippen LogP contribution in [-0.4, -0.2) is 34.3 Å². The highest BCUT2D eigenvalue weighted by Crippen LogP contribution is 2.22. The van der Waals surface area contributed by atoms with Crippen LogP contribution in [0.2, 0.25) is 0 Å². The third kappa shape index (κ3) is 3.59. The fourth-order valence-electron chi connectivity index (χ4n) is 2.74. The smallest absolute Gasteiger partial charge is 0.264 e. The second-order valence-corrected chi connectivity index (χ2v) is 6.65. The van der Waals surface area contributed by atoms with Crippen LogP contribution in [0.15, 0.2) is 35.8 Å². The Hall–Kier alpha value is -2.21. The monoisotopic (exact) mass is 329 g/mol. The Morgan fingerprint density at radius 3 is 2.87 bits per heavy atom. The van der Waals surface area contributed by atoms with Crippen molar-refractivity contribution in [3.63, 3.8) is 0 Å². The van der Waals surface area contributed by atoms with Gasteiger partial charge in [0.2, 0.25) is 5.91 Å². The maximum atomic E-state index is 12.6. The number of amides is 2. The molecule has 0 saturated carbocycles. The van der Waals surface area contributed by atoms with Gasteiger partial charge < -0.3 is 10.2 Å². The molecule has 1 saturated heterocycles. The summed E-state index contributed by atoms with van der Waals surface area (Å²) in [5, 5.41) is 4.71. The van der Waals surface area contributed by atoms with E-state index in [1.807, 2.05) is 24.4 Å². The van der Waals surface area contributed by atoms with E-state index in [1.165, 1.54) is 11.3 Å². The predicted octanol–water partition coefficient (Wildman–Crippen LogP) is 3.08. The third-order valence-corrected chi connectivity index (χ3v) is 4.82. The van der Waals surface area contributed by atoms with E-state index >= 15 is 0 Å². The Bertz CT molecular complexity index is 682. The molecule has 2 amide bonds. The molecule has 1 unspecified atom stereocenters. The highest BCUT2D eigenvalue weighted by Gasteiger charge is 2.33. The van der Waals surface area contributed by atoms with Gasteiger partial charge in [0.1, 0.15) is 11.9 Å². The number of carbonyl (C=O) groups is 2. The molecule has 6 heteroatoms. The van der Waals surface area contributed by atoms with Crippen LogP contribution in [0.4, 0.5) is 5.82 Å². The molecule has 2 aromatic rings. The molecule has 2 aromatic heterocycles. The number of hydrogen-bond donors (Lipinski definition) is 1. The lowest BCUT2D eigenvalue weighted by Crippen LogP contribution is -2.49. The summed E-state index contributed by atoms with van der Waals surface area (Å²) in [5.74, 6) is 0.303. The Balaban J connectivity index is 1.74. The second kappa shape index (κ2) is 6.91. The number of likely N-dealkylation sites (tertiary alicyclic amines) is 1. The molecule has 1 aliphatic heterocycles. The van der Waals surface area contributed by atoms with Gasteiger partial charge >= 0.3 is 0 Å². The van der Waals surface area contributed by atoms with E-state index in [0.717, 1.165) is 18.4 Å². The average Bonchev–Trinajstić information content (AvgIpc) is 3.11. The Kier molecular flexibility index (Phi) is 4.71. The first-order valence-electron chi connectivity index (χ1n) is 7.73. The zero-order valence-corrected chi connectivity index (χ0v) is 13.8. The fraction of sp³-hybridized carbons (Fsp3) is 0.353. The summed E-state index contributed by atoms with van der Waals surface area (Å²) in [5.41, 5.74) is 1.04. The second-order valence-electron chi connectivity index (χ2n) is 5.70. The van der Waals surface area contributed by atoms with Crippen molar-refractivity contribution in [2.75, 3.05) is 11.9 Å². The lowest BCUT2D eigenvalue weighted by atomic mass is 10.0. The molecule has 120 valence electrons. The summed E-state index contributed by atoms with van der Waals surface area (Å²) < 4.78 is 0. The third-order valence-electron chi connectivity index (χ3n) is 3.96. The minimum absolute atomic E-state index is 0.0586. The number of nitrogens with one attached hydrogen (secondary N) is 1. The lowest BCUT2D eigenvalue weighted by Gasteiger charge is -2.34. The summed E-state index contributed by atoms with van der Waals surface area (Å²) in [7, 11) is 0. The van der Waals surface area contributed by atoms with Crippen LogP contribution in [-0.2, 0) is 4.79 Å². The van der Waals surface area contributed by atoms with Gasteiger partial charge in [-0.25, -0.2) is 4.98 Å². The van der Waals surface area contributed by atoms with E-state index in [2.05, 4.69) is 10.3 Å². The average molecular weight is 329 g/mol. The normalized spacial score (nSPS) is 17.8. The summed E-state index contributed by atoms with van der Waals surface area (Å²) in [6.07, 6.45) is 4.29. The maximum Gasteiger partial charge on any atom is 0.264 e. The molecule has 0 aromatic carbocycles. The molecule has 5 nitrogen and oxygen atoms in total. The Labute approximate surface area is 139 Å². The zero-order valence-electron chi connectivity index (χ0n) is 13.0. The number of thiophene rings is 1. The van der Waals surface area contributed by atoms with Crippen LogP contribution in [0.5, 0.6) is 0 Å². The van der Waals surface area contributed by atoms with Gasteiger partial charge in [0.25, 0.3) is 5.91 Å². The van der Waals surface area contributed by atoms with Gasteiger partial charge in [0.15, 0.2) is 0 Å². The van der Waals surface area contributed by atoms with E-state index in [1.54, 1.807) is 23.2 Å². The van der Waals surface area contributed by atoms with Crippen LogP contribution < -0.4 is 5.32 Å². The van der Waals surface area contributed by atoms with E-state index < -0.39 is 6.04 Å². The van der Waals surface area contributed by atoms with Crippen LogP contribution in [0.3, 0.4) is 0 Å². The highest BCUT2D eigenvalue weighted by molar-refractivity contribution is 7.12. The number of piperidine rings is 1. The van der Waals surface area contributed by atoms with Crippen molar-refractivity contribution >= 4 is 29.0 Å². The van der Waals surface area contributed by atoms with Crippen LogP contribution in [0.1, 0.15) is 34.5 Å². The Morgan fingerprint density at radius 1 is 1.30 bits per heavy atom. The van der Waals surface area contributed by atoms with Crippen molar-refractivity contribution in [3.8, 4) is 0 Å². The minimum Gasteiger partial charge on any atom is -0.326 e. The highest BCUT2D eigenvalue weighted by atomic mass is 32.1. The first-order valence-corrected chi connectivity index (χ1v) is 8.61. The van der Waals surface area contributed by atoms with Gasteiger partial charge in [0, 0.05) is 12.7 Å². The van der Waals surface area contributed by atoms with Crippen molar-refractivity contribution in [3.05, 3.63) is 46.3 Å². The number of hydrogen-bond acceptors (Lipinski definition) is 4. The fourth-order valence-corrected chi connectivity index (χ4v) is 3.42. The van der Waals surface area contributed by atoms with Crippen LogP contribution in [0, 0.1) is 6.92 Å². The lowest BCUT2D eigenvalue weighted by molar-refractivity contribution is -0.121. The topological polar surface area (TPSA) is 62.3 Å². The number of anilines is 1. The van der Waals surface area contributed by atoms with Crippen molar-refractivity contribution in [2.24, 2.45) is 0 Å². The molecule has 0 aliphatic carbocycles. The summed E-state index contributed by atoms with van der Waals surface area (Å²) in [6, 6.07) is 6.91. The standard InChI is InChI=1S/C17H19N3O2S/c1-12-7-8-15(18-11-12)19-16(21)13-5-2-3-9-20(13)17(22)14-6-4-10-23-14/h4,6-8,10-11,13H,2-3,5,9H2,1H3,(H,18,19,21). The van der Waals surface area contributed by atoms with E-state index in [9.17, 15) is 9.59 Å². The van der Waals surface area contributed by atoms with Crippen molar-refractivity contribution < 1.29 is 9.59 Å². The first kappa shape index (κ1) is 15.7. The van der Waals surface area contributed by atoms with Gasteiger partial charge in [-0.05, 0) is 49.3 Å². The van der Waals surface area contributed by atoms with Crippen molar-refractivity contribution in [1.29, 1.82) is 0 Å². The summed E-state index contributed by atoms with van der Waals surface area (Å²) in [6.45, 7) is 2.57. The molecular weight excluding hydrogens is 310 g/mol. The van der Waals surface area contributed by atoms with Crippen molar-refractivity contribution in [2.45, 2.75) is 32.2 Å². The van der Waals surface area contributed by atoms with Gasteiger partial charge in [-0.15, -0.1) is 11.3 Å². The molecule has 23 heavy (non-hydrogen) atoms. The Morgan fingerprint density at radius 2 is 2.17 bits per heavy atom. The zero-order chi connectivity index (χ0) is 16.2. The number of carbonyl (C=O) groups excluding carboxylic acids is 2. The number of aryl methyl sites for hydroxylation is 1. The van der Waals surface area contributed by atoms with Crippen molar-refractivity contribution in [1.82, 2.24) is 9.88 Å². The quantitative estimate of drug-likeness (QED) is 0.941. The van der Waals surface area contributed by atoms with Crippen LogP contribution >= 0.6 is 11.3 Å². The maximum absolute atomic E-state index is 12.6. The minimum atomic E-state index is -0.429. The molecule has 1 fully saturated rings. The summed E-state index contributed by atoms with van der Waals surface area (Å²) in [4.78, 5) is 31.8. The molecule has 0 bridgehead atoms. The summed E-state index contributed by atoms with van der Waals surface area (Å²) >= 11 is 1.41. The molecule has 3 heterocycles. The largest absolute Gasteiger partial charge is 0.326 e. The molecule has 1 N–H and O–H groups in total. The van der Waals surface area contributed by atoms with Gasteiger partial charge in [0.05, 0.1) is 4.88 Å². The molecule has 1 aliphatic rings. The van der Waals surface area contributed by atoms with Crippen LogP contribution in [0.25, 0.3) is 0 Å². The molecule has 0 radical (unpaired) electrons. The molecular formula is C17H19N3O2S. The molecule has 0 spiro atoms. The number of aromatic nitrogens is 1. The molecule has 1 atom stereocenters. The molecule has 3 rings (SSSR count).